The summed E-state index contributed by atoms with van der Waals surface area (Å²) in [6, 6.07) is 10.5. The average Bonchev–Trinajstić information content (AvgIpc) is 2.98. The molecule has 2 aromatic heterocycles. The number of hydrogen-bond donors (Lipinski definition) is 0. The van der Waals surface area contributed by atoms with E-state index in [1.807, 2.05) is 19.9 Å². The molecule has 23 heavy (non-hydrogen) atoms. The first kappa shape index (κ1) is 14.7. The second-order valence-electron chi connectivity index (χ2n) is 5.32. The predicted octanol–water partition coefficient (Wildman–Crippen LogP) is 3.10. The Bertz CT molecular complexity index is 922. The van der Waals surface area contributed by atoms with Crippen molar-refractivity contribution >= 4 is 17.0 Å². The second kappa shape index (κ2) is 5.89. The summed E-state index contributed by atoms with van der Waals surface area (Å²) in [5.41, 5.74) is 1.34. The van der Waals surface area contributed by atoms with E-state index in [1.54, 1.807) is 41.2 Å². The van der Waals surface area contributed by atoms with Gasteiger partial charge in [0.1, 0.15) is 11.8 Å². The first-order valence-electron chi connectivity index (χ1n) is 7.14. The molecular weight excluding hydrogens is 292 g/mol. The molecule has 0 radical (unpaired) electrons. The van der Waals surface area contributed by atoms with Crippen molar-refractivity contribution < 1.29 is 9.53 Å². The number of pyridine rings is 1. The average molecular weight is 306 g/mol. The molecule has 3 rings (SSSR count). The van der Waals surface area contributed by atoms with E-state index in [4.69, 9.17) is 10.00 Å². The van der Waals surface area contributed by atoms with Gasteiger partial charge in [0.2, 0.25) is 0 Å². The number of hydrogen-bond acceptors (Lipinski definition) is 5. The number of aromatic nitrogens is 3. The molecule has 0 spiro atoms. The molecule has 0 atom stereocenters. The Morgan fingerprint density at radius 3 is 2.83 bits per heavy atom. The van der Waals surface area contributed by atoms with E-state index in [2.05, 4.69) is 10.1 Å². The van der Waals surface area contributed by atoms with Crippen LogP contribution < -0.4 is 4.74 Å². The summed E-state index contributed by atoms with van der Waals surface area (Å²) in [6.07, 6.45) is 3.13. The van der Waals surface area contributed by atoms with Crippen molar-refractivity contribution in [2.75, 3.05) is 0 Å². The minimum atomic E-state index is -0.556. The Balaban J connectivity index is 1.91. The summed E-state index contributed by atoms with van der Waals surface area (Å²) in [6.45, 7) is 4.02. The van der Waals surface area contributed by atoms with Crippen molar-refractivity contribution in [1.29, 1.82) is 5.26 Å². The summed E-state index contributed by atoms with van der Waals surface area (Å²) in [5.74, 6) is -0.322. The second-order valence-corrected chi connectivity index (χ2v) is 5.32. The Morgan fingerprint density at radius 2 is 2.09 bits per heavy atom. The zero-order valence-electron chi connectivity index (χ0n) is 12.7. The number of carbonyl (C=O) groups excluding carboxylic acids is 1. The number of nitrogens with zero attached hydrogens (tertiary/aromatic N) is 4. The molecule has 0 saturated heterocycles. The number of fused-ring (bicyclic) bond motifs is 1. The monoisotopic (exact) mass is 306 g/mol. The van der Waals surface area contributed by atoms with Crippen molar-refractivity contribution in [2.45, 2.75) is 19.9 Å². The van der Waals surface area contributed by atoms with E-state index in [0.717, 1.165) is 5.39 Å². The smallest absolute Gasteiger partial charge is 0.345 e. The fraction of sp³-hybridized carbons (Fsp3) is 0.176. The van der Waals surface area contributed by atoms with Crippen LogP contribution in [0.1, 0.15) is 35.8 Å². The third kappa shape index (κ3) is 2.77. The largest absolute Gasteiger partial charge is 0.421 e. The molecule has 114 valence electrons. The van der Waals surface area contributed by atoms with E-state index < -0.39 is 5.97 Å². The molecule has 0 saturated carbocycles. The van der Waals surface area contributed by atoms with Gasteiger partial charge < -0.3 is 4.74 Å². The van der Waals surface area contributed by atoms with E-state index in [0.29, 0.717) is 16.8 Å². The molecule has 2 heterocycles. The number of para-hydroxylation sites is 1. The Hall–Kier alpha value is -3.20. The summed E-state index contributed by atoms with van der Waals surface area (Å²) in [4.78, 5) is 16.6. The lowest BCUT2D eigenvalue weighted by molar-refractivity contribution is 0.0734. The van der Waals surface area contributed by atoms with E-state index >= 15 is 0 Å². The van der Waals surface area contributed by atoms with E-state index in [9.17, 15) is 4.79 Å². The van der Waals surface area contributed by atoms with Crippen LogP contribution in [0.25, 0.3) is 11.0 Å². The molecule has 0 unspecified atom stereocenters. The molecular formula is C17H14N4O2. The molecule has 6 heteroatoms. The minimum Gasteiger partial charge on any atom is -0.421 e. The molecule has 3 aromatic rings. The Labute approximate surface area is 132 Å². The van der Waals surface area contributed by atoms with Crippen LogP contribution in [0.15, 0.2) is 42.7 Å². The van der Waals surface area contributed by atoms with Gasteiger partial charge in [0.25, 0.3) is 0 Å². The maximum Gasteiger partial charge on any atom is 0.345 e. The lowest BCUT2D eigenvalue weighted by Crippen LogP contribution is -2.10. The van der Waals surface area contributed by atoms with Gasteiger partial charge in [0.05, 0.1) is 17.3 Å². The van der Waals surface area contributed by atoms with Gasteiger partial charge in [-0.15, -0.1) is 0 Å². The number of esters is 1. The summed E-state index contributed by atoms with van der Waals surface area (Å²) >= 11 is 0. The van der Waals surface area contributed by atoms with Gasteiger partial charge in [-0.3, -0.25) is 0 Å². The third-order valence-electron chi connectivity index (χ3n) is 3.37. The maximum absolute atomic E-state index is 12.3. The highest BCUT2D eigenvalue weighted by molar-refractivity contribution is 5.94. The number of ether oxygens (including phenoxy) is 1. The first-order chi connectivity index (χ1) is 11.1. The van der Waals surface area contributed by atoms with Crippen molar-refractivity contribution in [3.8, 4) is 11.8 Å². The Morgan fingerprint density at radius 1 is 1.30 bits per heavy atom. The number of nitriles is 1. The molecule has 0 aliphatic rings. The van der Waals surface area contributed by atoms with Crippen LogP contribution in [0, 0.1) is 11.3 Å². The van der Waals surface area contributed by atoms with E-state index in [1.165, 1.54) is 6.20 Å². The van der Waals surface area contributed by atoms with Gasteiger partial charge in [0, 0.05) is 17.6 Å². The zero-order chi connectivity index (χ0) is 16.4. The van der Waals surface area contributed by atoms with Gasteiger partial charge in [-0.25, -0.2) is 14.5 Å². The van der Waals surface area contributed by atoms with Crippen molar-refractivity contribution in [3.63, 3.8) is 0 Å². The molecule has 0 aliphatic heterocycles. The number of rotatable bonds is 3. The summed E-state index contributed by atoms with van der Waals surface area (Å²) in [5, 5.41) is 14.1. The SMILES string of the molecule is CC(C)n1ncc2cc(C(=O)Oc3ccccc3C#N)cnc21. The summed E-state index contributed by atoms with van der Waals surface area (Å²) in [7, 11) is 0. The molecule has 6 nitrogen and oxygen atoms in total. The van der Waals surface area contributed by atoms with Gasteiger partial charge in [-0.05, 0) is 32.0 Å². The van der Waals surface area contributed by atoms with E-state index in [-0.39, 0.29) is 11.8 Å². The molecule has 0 N–H and O–H groups in total. The van der Waals surface area contributed by atoms with Crippen LogP contribution in [0.2, 0.25) is 0 Å². The van der Waals surface area contributed by atoms with Crippen LogP contribution in [-0.2, 0) is 0 Å². The highest BCUT2D eigenvalue weighted by Gasteiger charge is 2.14. The number of carbonyl (C=O) groups is 1. The van der Waals surface area contributed by atoms with Crippen LogP contribution in [-0.4, -0.2) is 20.7 Å². The fourth-order valence-corrected chi connectivity index (χ4v) is 2.24. The standard InChI is InChI=1S/C17H14N4O2/c1-11(2)21-16-13(10-20-21)7-14(9-19-16)17(22)23-15-6-4-3-5-12(15)8-18/h3-7,9-11H,1-2H3. The van der Waals surface area contributed by atoms with Crippen LogP contribution in [0.5, 0.6) is 5.75 Å². The quantitative estimate of drug-likeness (QED) is 0.548. The molecule has 0 amide bonds. The molecule has 0 aliphatic carbocycles. The van der Waals surface area contributed by atoms with Gasteiger partial charge in [0.15, 0.2) is 5.65 Å². The zero-order valence-corrected chi connectivity index (χ0v) is 12.7. The minimum absolute atomic E-state index is 0.181. The predicted molar refractivity (Wildman–Crippen MR) is 84.0 cm³/mol. The third-order valence-corrected chi connectivity index (χ3v) is 3.37. The molecule has 1 aromatic carbocycles. The van der Waals surface area contributed by atoms with Gasteiger partial charge >= 0.3 is 5.97 Å². The normalized spacial score (nSPS) is 10.7. The van der Waals surface area contributed by atoms with Crippen molar-refractivity contribution in [1.82, 2.24) is 14.8 Å². The van der Waals surface area contributed by atoms with Crippen molar-refractivity contribution in [2.24, 2.45) is 0 Å². The maximum atomic E-state index is 12.3. The van der Waals surface area contributed by atoms with Crippen LogP contribution >= 0.6 is 0 Å². The summed E-state index contributed by atoms with van der Waals surface area (Å²) < 4.78 is 7.08. The van der Waals surface area contributed by atoms with Crippen LogP contribution in [0.3, 0.4) is 0 Å². The fourth-order valence-electron chi connectivity index (χ4n) is 2.24. The lowest BCUT2D eigenvalue weighted by atomic mass is 10.2. The van der Waals surface area contributed by atoms with Gasteiger partial charge in [-0.1, -0.05) is 12.1 Å². The molecule has 0 fully saturated rings. The number of benzene rings is 1. The van der Waals surface area contributed by atoms with Crippen LogP contribution in [0.4, 0.5) is 0 Å². The topological polar surface area (TPSA) is 80.8 Å². The van der Waals surface area contributed by atoms with Gasteiger partial charge in [-0.2, -0.15) is 10.4 Å². The lowest BCUT2D eigenvalue weighted by Gasteiger charge is -2.07. The highest BCUT2D eigenvalue weighted by Crippen LogP contribution is 2.20. The first-order valence-corrected chi connectivity index (χ1v) is 7.14. The molecule has 0 bridgehead atoms. The highest BCUT2D eigenvalue weighted by atomic mass is 16.5. The van der Waals surface area contributed by atoms with Crippen molar-refractivity contribution in [3.05, 3.63) is 53.9 Å². The Kier molecular flexibility index (Phi) is 3.77.